The summed E-state index contributed by atoms with van der Waals surface area (Å²) in [6.45, 7) is 4.13. The first-order valence-corrected chi connectivity index (χ1v) is 6.21. The molecule has 17 heavy (non-hydrogen) atoms. The predicted octanol–water partition coefficient (Wildman–Crippen LogP) is 3.58. The highest BCUT2D eigenvalue weighted by molar-refractivity contribution is 6.44. The molecule has 1 aromatic carbocycles. The van der Waals surface area contributed by atoms with E-state index in [0.29, 0.717) is 20.8 Å². The molecule has 1 rings (SSSR count). The number of carbonyl (C=O) groups is 1. The third-order valence-electron chi connectivity index (χ3n) is 1.95. The van der Waals surface area contributed by atoms with Crippen LogP contribution in [0.15, 0.2) is 12.1 Å². The second-order valence-electron chi connectivity index (χ2n) is 3.83. The van der Waals surface area contributed by atoms with Crippen molar-refractivity contribution in [1.82, 2.24) is 5.32 Å². The Morgan fingerprint density at radius 1 is 1.18 bits per heavy atom. The van der Waals surface area contributed by atoms with Crippen LogP contribution in [-0.2, 0) is 4.79 Å². The second kappa shape index (κ2) is 6.45. The van der Waals surface area contributed by atoms with Crippen LogP contribution in [0.2, 0.25) is 15.1 Å². The lowest BCUT2D eigenvalue weighted by Crippen LogP contribution is -2.32. The molecule has 0 aliphatic carbocycles. The lowest BCUT2D eigenvalue weighted by molar-refractivity contribution is -0.115. The van der Waals surface area contributed by atoms with Crippen LogP contribution < -0.4 is 10.6 Å². The zero-order chi connectivity index (χ0) is 13.0. The van der Waals surface area contributed by atoms with Crippen LogP contribution in [0.4, 0.5) is 5.69 Å². The van der Waals surface area contributed by atoms with Gasteiger partial charge < -0.3 is 10.6 Å². The summed E-state index contributed by atoms with van der Waals surface area (Å²) in [4.78, 5) is 11.6. The monoisotopic (exact) mass is 294 g/mol. The highest BCUT2D eigenvalue weighted by Gasteiger charge is 2.09. The molecule has 0 atom stereocenters. The van der Waals surface area contributed by atoms with Crippen LogP contribution in [0.1, 0.15) is 13.8 Å². The maximum atomic E-state index is 11.6. The summed E-state index contributed by atoms with van der Waals surface area (Å²) in [7, 11) is 0. The molecule has 0 unspecified atom stereocenters. The largest absolute Gasteiger partial charge is 0.324 e. The number of benzene rings is 1. The maximum absolute atomic E-state index is 11.6. The maximum Gasteiger partial charge on any atom is 0.238 e. The van der Waals surface area contributed by atoms with Gasteiger partial charge in [-0.2, -0.15) is 0 Å². The first kappa shape index (κ1) is 14.6. The van der Waals surface area contributed by atoms with E-state index in [2.05, 4.69) is 10.6 Å². The molecule has 0 saturated heterocycles. The normalized spacial score (nSPS) is 10.7. The van der Waals surface area contributed by atoms with Gasteiger partial charge in [0.05, 0.1) is 27.3 Å². The van der Waals surface area contributed by atoms with Gasteiger partial charge >= 0.3 is 0 Å². The molecule has 94 valence electrons. The Balaban J connectivity index is 2.68. The topological polar surface area (TPSA) is 41.1 Å². The lowest BCUT2D eigenvalue weighted by Gasteiger charge is -2.10. The molecule has 6 heteroatoms. The number of carbonyl (C=O) groups excluding carboxylic acids is 1. The van der Waals surface area contributed by atoms with Crippen LogP contribution in [-0.4, -0.2) is 18.5 Å². The number of nitrogens with one attached hydrogen (secondary N) is 2. The molecule has 0 aliphatic rings. The van der Waals surface area contributed by atoms with Crippen molar-refractivity contribution in [2.45, 2.75) is 19.9 Å². The minimum atomic E-state index is -0.181. The van der Waals surface area contributed by atoms with Crippen molar-refractivity contribution >= 4 is 46.4 Å². The molecule has 3 nitrogen and oxygen atoms in total. The Morgan fingerprint density at radius 2 is 1.76 bits per heavy atom. The number of anilines is 1. The van der Waals surface area contributed by atoms with E-state index in [4.69, 9.17) is 34.8 Å². The minimum Gasteiger partial charge on any atom is -0.324 e. The Bertz CT molecular complexity index is 421. The van der Waals surface area contributed by atoms with E-state index >= 15 is 0 Å². The third kappa shape index (κ3) is 4.72. The first-order chi connectivity index (χ1) is 7.90. The Hall–Kier alpha value is -0.480. The number of rotatable bonds is 4. The average Bonchev–Trinajstić information content (AvgIpc) is 2.23. The van der Waals surface area contributed by atoms with E-state index < -0.39 is 0 Å². The van der Waals surface area contributed by atoms with Crippen molar-refractivity contribution in [3.63, 3.8) is 0 Å². The SMILES string of the molecule is CC(C)NCC(=O)Nc1cc(Cl)c(Cl)cc1Cl. The van der Waals surface area contributed by atoms with Crippen LogP contribution in [0, 0.1) is 0 Å². The fourth-order valence-corrected chi connectivity index (χ4v) is 1.70. The smallest absolute Gasteiger partial charge is 0.238 e. The van der Waals surface area contributed by atoms with Crippen molar-refractivity contribution in [3.8, 4) is 0 Å². The minimum absolute atomic E-state index is 0.181. The van der Waals surface area contributed by atoms with Gasteiger partial charge in [0.1, 0.15) is 0 Å². The van der Waals surface area contributed by atoms with E-state index in [-0.39, 0.29) is 18.5 Å². The highest BCUT2D eigenvalue weighted by atomic mass is 35.5. The van der Waals surface area contributed by atoms with Crippen LogP contribution in [0.3, 0.4) is 0 Å². The van der Waals surface area contributed by atoms with E-state index in [1.807, 2.05) is 13.8 Å². The van der Waals surface area contributed by atoms with Crippen molar-refractivity contribution in [2.75, 3.05) is 11.9 Å². The molecule has 0 saturated carbocycles. The van der Waals surface area contributed by atoms with E-state index in [1.54, 1.807) is 0 Å². The van der Waals surface area contributed by atoms with E-state index in [0.717, 1.165) is 0 Å². The van der Waals surface area contributed by atoms with Gasteiger partial charge in [-0.25, -0.2) is 0 Å². The van der Waals surface area contributed by atoms with Crippen molar-refractivity contribution in [3.05, 3.63) is 27.2 Å². The van der Waals surface area contributed by atoms with Gasteiger partial charge in [-0.3, -0.25) is 4.79 Å². The summed E-state index contributed by atoms with van der Waals surface area (Å²) in [6, 6.07) is 3.27. The molecule has 0 radical (unpaired) electrons. The Labute approximate surface area is 115 Å². The highest BCUT2D eigenvalue weighted by Crippen LogP contribution is 2.32. The second-order valence-corrected chi connectivity index (χ2v) is 5.05. The molecule has 1 aromatic rings. The summed E-state index contributed by atoms with van der Waals surface area (Å²) in [6.07, 6.45) is 0. The standard InChI is InChI=1S/C11H13Cl3N2O/c1-6(2)15-5-11(17)16-10-4-8(13)7(12)3-9(10)14/h3-4,6,15H,5H2,1-2H3,(H,16,17). The van der Waals surface area contributed by atoms with Gasteiger partial charge in [0.2, 0.25) is 5.91 Å². The van der Waals surface area contributed by atoms with Crippen molar-refractivity contribution in [1.29, 1.82) is 0 Å². The first-order valence-electron chi connectivity index (χ1n) is 5.08. The summed E-state index contributed by atoms with van der Waals surface area (Å²) < 4.78 is 0. The quantitative estimate of drug-likeness (QED) is 0.834. The molecule has 1 amide bonds. The lowest BCUT2D eigenvalue weighted by atomic mass is 10.3. The summed E-state index contributed by atoms with van der Waals surface area (Å²) >= 11 is 17.6. The molecule has 0 heterocycles. The van der Waals surface area contributed by atoms with Crippen molar-refractivity contribution in [2.24, 2.45) is 0 Å². The summed E-state index contributed by atoms with van der Waals surface area (Å²) in [5.41, 5.74) is 0.455. The third-order valence-corrected chi connectivity index (χ3v) is 2.99. The van der Waals surface area contributed by atoms with Gasteiger partial charge in [-0.15, -0.1) is 0 Å². The van der Waals surface area contributed by atoms with E-state index in [9.17, 15) is 4.79 Å². The predicted molar refractivity (Wildman–Crippen MR) is 73.2 cm³/mol. The van der Waals surface area contributed by atoms with Crippen LogP contribution in [0.25, 0.3) is 0 Å². The summed E-state index contributed by atoms with van der Waals surface area (Å²) in [5.74, 6) is -0.181. The fraction of sp³-hybridized carbons (Fsp3) is 0.364. The molecule has 0 aliphatic heterocycles. The van der Waals surface area contributed by atoms with Crippen LogP contribution >= 0.6 is 34.8 Å². The molecule has 0 bridgehead atoms. The molecule has 2 N–H and O–H groups in total. The zero-order valence-corrected chi connectivity index (χ0v) is 11.7. The fourth-order valence-electron chi connectivity index (χ4n) is 1.11. The molecular weight excluding hydrogens is 282 g/mol. The van der Waals surface area contributed by atoms with Crippen molar-refractivity contribution < 1.29 is 4.79 Å². The van der Waals surface area contributed by atoms with Gasteiger partial charge in [0.25, 0.3) is 0 Å². The van der Waals surface area contributed by atoms with Gasteiger partial charge in [0.15, 0.2) is 0 Å². The van der Waals surface area contributed by atoms with Gasteiger partial charge in [0, 0.05) is 6.04 Å². The number of hydrogen-bond donors (Lipinski definition) is 2. The molecular formula is C11H13Cl3N2O. The van der Waals surface area contributed by atoms with E-state index in [1.165, 1.54) is 12.1 Å². The molecule has 0 spiro atoms. The Kier molecular flexibility index (Phi) is 5.53. The molecule has 0 aromatic heterocycles. The Morgan fingerprint density at radius 3 is 2.35 bits per heavy atom. The number of hydrogen-bond acceptors (Lipinski definition) is 2. The summed E-state index contributed by atoms with van der Waals surface area (Å²) in [5, 5.41) is 6.72. The average molecular weight is 296 g/mol. The van der Waals surface area contributed by atoms with Gasteiger partial charge in [-0.1, -0.05) is 48.7 Å². The van der Waals surface area contributed by atoms with Crippen LogP contribution in [0.5, 0.6) is 0 Å². The van der Waals surface area contributed by atoms with Gasteiger partial charge in [-0.05, 0) is 12.1 Å². The zero-order valence-electron chi connectivity index (χ0n) is 9.48. The number of halogens is 3. The molecule has 0 fully saturated rings. The number of amides is 1.